The lowest BCUT2D eigenvalue weighted by Gasteiger charge is -2.28. The van der Waals surface area contributed by atoms with E-state index < -0.39 is 18.2 Å². The quantitative estimate of drug-likeness (QED) is 0.760. The van der Waals surface area contributed by atoms with Gasteiger partial charge in [-0.05, 0) is 49.3 Å². The van der Waals surface area contributed by atoms with Crippen LogP contribution in [0.3, 0.4) is 0 Å². The van der Waals surface area contributed by atoms with Gasteiger partial charge in [0.2, 0.25) is 0 Å². The first-order valence-corrected chi connectivity index (χ1v) is 5.86. The second-order valence-corrected chi connectivity index (χ2v) is 4.58. The predicted molar refractivity (Wildman–Crippen MR) is 58.4 cm³/mol. The van der Waals surface area contributed by atoms with Crippen LogP contribution in [0.2, 0.25) is 0 Å². The topological polar surface area (TPSA) is 49.3 Å². The maximum absolute atomic E-state index is 12.1. The minimum atomic E-state index is -4.86. The van der Waals surface area contributed by atoms with Gasteiger partial charge in [-0.2, -0.15) is 13.2 Å². The number of halogens is 3. The van der Waals surface area contributed by atoms with Gasteiger partial charge in [-0.15, -0.1) is 0 Å². The molecule has 3 nitrogen and oxygen atoms in total. The summed E-state index contributed by atoms with van der Waals surface area (Å²) in [6.07, 6.45) is -0.652. The Morgan fingerprint density at radius 2 is 2.06 bits per heavy atom. The summed E-state index contributed by atoms with van der Waals surface area (Å²) in [5.41, 5.74) is 2.06. The number of hydrogen-bond donors (Lipinski definition) is 2. The van der Waals surface area contributed by atoms with Gasteiger partial charge in [-0.25, -0.2) is 0 Å². The summed E-state index contributed by atoms with van der Waals surface area (Å²) in [4.78, 5) is 10.8. The predicted octanol–water partition coefficient (Wildman–Crippen LogP) is 2.18. The fourth-order valence-corrected chi connectivity index (χ4v) is 2.39. The van der Waals surface area contributed by atoms with Gasteiger partial charge in [0.05, 0.1) is 6.10 Å². The molecule has 0 fully saturated rings. The molecule has 0 radical (unpaired) electrons. The number of aliphatic hydroxyl groups excluding tert-OH is 1. The van der Waals surface area contributed by atoms with Gasteiger partial charge in [-0.3, -0.25) is 4.79 Å². The molecule has 6 heteroatoms. The van der Waals surface area contributed by atoms with Crippen molar-refractivity contribution in [1.29, 1.82) is 0 Å². The highest BCUT2D eigenvalue weighted by atomic mass is 19.4. The Balaban J connectivity index is 2.11. The first kappa shape index (κ1) is 13.1. The maximum atomic E-state index is 12.1. The molecule has 2 aliphatic rings. The van der Waals surface area contributed by atoms with E-state index in [4.69, 9.17) is 0 Å². The van der Waals surface area contributed by atoms with Crippen LogP contribution in [0.4, 0.5) is 13.2 Å². The standard InChI is InChI=1S/C12H14F3NO2/c13-12(14,15)11(18)16-8-4-5-9-7(6-8)2-1-3-10(9)17/h6,10,17H,1-5H2,(H,16,18). The van der Waals surface area contributed by atoms with Gasteiger partial charge in [0.25, 0.3) is 0 Å². The minimum absolute atomic E-state index is 0.283. The summed E-state index contributed by atoms with van der Waals surface area (Å²) in [7, 11) is 0. The van der Waals surface area contributed by atoms with Crippen LogP contribution in [0.25, 0.3) is 0 Å². The van der Waals surface area contributed by atoms with E-state index in [1.54, 1.807) is 6.08 Å². The molecular weight excluding hydrogens is 247 g/mol. The lowest BCUT2D eigenvalue weighted by Crippen LogP contribution is -2.37. The lowest BCUT2D eigenvalue weighted by molar-refractivity contribution is -0.172. The number of aliphatic hydroxyl groups is 1. The Morgan fingerprint density at radius 1 is 1.33 bits per heavy atom. The Bertz CT molecular complexity index is 424. The molecule has 100 valence electrons. The Morgan fingerprint density at radius 3 is 2.72 bits per heavy atom. The average molecular weight is 261 g/mol. The van der Waals surface area contributed by atoms with Crippen LogP contribution < -0.4 is 5.32 Å². The summed E-state index contributed by atoms with van der Waals surface area (Å²) in [5, 5.41) is 11.6. The third-order valence-corrected chi connectivity index (χ3v) is 3.28. The first-order valence-electron chi connectivity index (χ1n) is 5.86. The number of rotatable bonds is 1. The number of nitrogens with one attached hydrogen (secondary N) is 1. The first-order chi connectivity index (χ1) is 8.38. The zero-order valence-corrected chi connectivity index (χ0v) is 9.68. The maximum Gasteiger partial charge on any atom is 0.471 e. The molecule has 0 heterocycles. The van der Waals surface area contributed by atoms with Gasteiger partial charge in [-0.1, -0.05) is 0 Å². The number of hydrogen-bond acceptors (Lipinski definition) is 2. The summed E-state index contributed by atoms with van der Waals surface area (Å²) < 4.78 is 36.3. The molecule has 0 saturated heterocycles. The number of carbonyl (C=O) groups is 1. The van der Waals surface area contributed by atoms with Gasteiger partial charge < -0.3 is 10.4 Å². The highest BCUT2D eigenvalue weighted by molar-refractivity contribution is 5.83. The Kier molecular flexibility index (Phi) is 3.47. The molecule has 0 saturated carbocycles. The molecule has 2 aliphatic carbocycles. The molecule has 0 aromatic heterocycles. The van der Waals surface area contributed by atoms with Gasteiger partial charge in [0.1, 0.15) is 0 Å². The van der Waals surface area contributed by atoms with E-state index in [-0.39, 0.29) is 5.70 Å². The van der Waals surface area contributed by atoms with Crippen LogP contribution in [0.1, 0.15) is 32.1 Å². The van der Waals surface area contributed by atoms with Gasteiger partial charge >= 0.3 is 12.1 Å². The molecular formula is C12H14F3NO2. The summed E-state index contributed by atoms with van der Waals surface area (Å²) in [5.74, 6) is -1.94. The molecule has 2 rings (SSSR count). The molecule has 0 aromatic rings. The van der Waals surface area contributed by atoms with Crippen molar-refractivity contribution < 1.29 is 23.1 Å². The van der Waals surface area contributed by atoms with Crippen molar-refractivity contribution in [3.8, 4) is 0 Å². The van der Waals surface area contributed by atoms with Crippen LogP contribution in [0, 0.1) is 0 Å². The largest absolute Gasteiger partial charge is 0.471 e. The van der Waals surface area contributed by atoms with Crippen LogP contribution in [0.15, 0.2) is 22.9 Å². The fraction of sp³-hybridized carbons (Fsp3) is 0.583. The minimum Gasteiger partial charge on any atom is -0.389 e. The van der Waals surface area contributed by atoms with Crippen LogP contribution in [-0.4, -0.2) is 23.3 Å². The Labute approximate surface area is 102 Å². The van der Waals surface area contributed by atoms with E-state index in [0.717, 1.165) is 24.0 Å². The van der Waals surface area contributed by atoms with Crippen molar-refractivity contribution in [3.63, 3.8) is 0 Å². The smallest absolute Gasteiger partial charge is 0.389 e. The SMILES string of the molecule is O=C(NC1=CC2=C(CC1)C(O)CCC2)C(F)(F)F. The van der Waals surface area contributed by atoms with Gasteiger partial charge in [0.15, 0.2) is 0 Å². The summed E-state index contributed by atoms with van der Waals surface area (Å²) >= 11 is 0. The molecule has 0 aromatic carbocycles. The number of amides is 1. The molecule has 0 aliphatic heterocycles. The molecule has 0 spiro atoms. The number of allylic oxidation sites excluding steroid dienone is 3. The van der Waals surface area contributed by atoms with E-state index in [2.05, 4.69) is 0 Å². The highest BCUT2D eigenvalue weighted by Crippen LogP contribution is 2.34. The lowest BCUT2D eigenvalue weighted by atomic mass is 9.83. The van der Waals surface area contributed by atoms with Crippen molar-refractivity contribution in [2.45, 2.75) is 44.4 Å². The van der Waals surface area contributed by atoms with Crippen molar-refractivity contribution in [1.82, 2.24) is 5.32 Å². The normalized spacial score (nSPS) is 24.4. The molecule has 2 N–H and O–H groups in total. The summed E-state index contributed by atoms with van der Waals surface area (Å²) in [6.45, 7) is 0. The van der Waals surface area contributed by atoms with Crippen molar-refractivity contribution >= 4 is 5.91 Å². The fourth-order valence-electron chi connectivity index (χ4n) is 2.39. The number of alkyl halides is 3. The number of carbonyl (C=O) groups excluding carboxylic acids is 1. The highest BCUT2D eigenvalue weighted by Gasteiger charge is 2.39. The summed E-state index contributed by atoms with van der Waals surface area (Å²) in [6, 6.07) is 0. The second-order valence-electron chi connectivity index (χ2n) is 4.58. The van der Waals surface area contributed by atoms with Gasteiger partial charge in [0, 0.05) is 5.70 Å². The van der Waals surface area contributed by atoms with E-state index in [1.807, 2.05) is 5.32 Å². The Hall–Kier alpha value is -1.30. The average Bonchev–Trinajstić information content (AvgIpc) is 2.28. The molecule has 18 heavy (non-hydrogen) atoms. The monoisotopic (exact) mass is 261 g/mol. The second kappa shape index (κ2) is 4.76. The van der Waals surface area contributed by atoms with E-state index in [9.17, 15) is 23.1 Å². The van der Waals surface area contributed by atoms with E-state index in [0.29, 0.717) is 19.3 Å². The van der Waals surface area contributed by atoms with Crippen LogP contribution in [0.5, 0.6) is 0 Å². The van der Waals surface area contributed by atoms with Crippen molar-refractivity contribution in [2.24, 2.45) is 0 Å². The van der Waals surface area contributed by atoms with Crippen molar-refractivity contribution in [3.05, 3.63) is 22.9 Å². The van der Waals surface area contributed by atoms with E-state index >= 15 is 0 Å². The molecule has 0 bridgehead atoms. The third kappa shape index (κ3) is 2.75. The molecule has 1 amide bonds. The zero-order valence-electron chi connectivity index (χ0n) is 9.68. The van der Waals surface area contributed by atoms with Crippen LogP contribution >= 0.6 is 0 Å². The van der Waals surface area contributed by atoms with Crippen molar-refractivity contribution in [2.75, 3.05) is 0 Å². The molecule has 1 unspecified atom stereocenters. The zero-order chi connectivity index (χ0) is 13.3. The van der Waals surface area contributed by atoms with E-state index in [1.165, 1.54) is 0 Å². The molecule has 1 atom stereocenters. The van der Waals surface area contributed by atoms with Crippen LogP contribution in [-0.2, 0) is 4.79 Å². The third-order valence-electron chi connectivity index (χ3n) is 3.28.